The minimum absolute atomic E-state index is 1.01. The molecule has 0 aliphatic carbocycles. The molecule has 0 bridgehead atoms. The summed E-state index contributed by atoms with van der Waals surface area (Å²) in [5.41, 5.74) is 0. The van der Waals surface area contributed by atoms with Gasteiger partial charge in [-0.2, -0.15) is 0 Å². The summed E-state index contributed by atoms with van der Waals surface area (Å²) in [5.74, 6) is 0. The van der Waals surface area contributed by atoms with Gasteiger partial charge < -0.3 is 5.32 Å². The molecular formula is C6H15IN2. The first kappa shape index (κ1) is 9.65. The SMILES string of the molecule is CCN(CCI)CNC. The number of nitrogens with one attached hydrogen (secondary N) is 1. The van der Waals surface area contributed by atoms with E-state index in [1.54, 1.807) is 0 Å². The first-order valence-electron chi connectivity index (χ1n) is 3.28. The number of halogens is 1. The molecule has 0 aromatic rings. The molecule has 0 atom stereocenters. The van der Waals surface area contributed by atoms with Gasteiger partial charge in [-0.25, -0.2) is 0 Å². The van der Waals surface area contributed by atoms with Crippen LogP contribution in [0.2, 0.25) is 0 Å². The van der Waals surface area contributed by atoms with Gasteiger partial charge in [-0.15, -0.1) is 0 Å². The molecule has 0 fully saturated rings. The van der Waals surface area contributed by atoms with Crippen LogP contribution in [0.4, 0.5) is 0 Å². The molecule has 1 N–H and O–H groups in total. The number of alkyl halides is 1. The molecule has 0 heterocycles. The predicted octanol–water partition coefficient (Wildman–Crippen LogP) is 0.920. The third-order valence-electron chi connectivity index (χ3n) is 1.23. The lowest BCUT2D eigenvalue weighted by Crippen LogP contribution is -2.33. The van der Waals surface area contributed by atoms with Crippen LogP contribution in [0.5, 0.6) is 0 Å². The number of hydrogen-bond acceptors (Lipinski definition) is 2. The summed E-state index contributed by atoms with van der Waals surface area (Å²) in [6, 6.07) is 0. The van der Waals surface area contributed by atoms with Crippen molar-refractivity contribution in [1.82, 2.24) is 10.2 Å². The summed E-state index contributed by atoms with van der Waals surface area (Å²) >= 11 is 2.40. The standard InChI is InChI=1S/C6H15IN2/c1-3-9(5-4-7)6-8-2/h8H,3-6H2,1-2H3. The third-order valence-corrected chi connectivity index (χ3v) is 1.71. The molecule has 0 unspecified atom stereocenters. The molecule has 0 aliphatic rings. The van der Waals surface area contributed by atoms with E-state index in [9.17, 15) is 0 Å². The van der Waals surface area contributed by atoms with E-state index in [-0.39, 0.29) is 0 Å². The fourth-order valence-corrected chi connectivity index (χ4v) is 1.37. The zero-order valence-corrected chi connectivity index (χ0v) is 8.31. The second kappa shape index (κ2) is 6.77. The Bertz CT molecular complexity index is 53.0. The van der Waals surface area contributed by atoms with Crippen molar-refractivity contribution in [2.75, 3.05) is 31.2 Å². The lowest BCUT2D eigenvalue weighted by Gasteiger charge is -2.17. The molecule has 0 spiro atoms. The monoisotopic (exact) mass is 242 g/mol. The van der Waals surface area contributed by atoms with Crippen molar-refractivity contribution in [3.63, 3.8) is 0 Å². The molecule has 0 amide bonds. The quantitative estimate of drug-likeness (QED) is 0.438. The Morgan fingerprint density at radius 2 is 2.22 bits per heavy atom. The predicted molar refractivity (Wildman–Crippen MR) is 50.1 cm³/mol. The maximum absolute atomic E-state index is 3.13. The highest BCUT2D eigenvalue weighted by Gasteiger charge is 1.95. The largest absolute Gasteiger partial charge is 0.307 e. The van der Waals surface area contributed by atoms with Gasteiger partial charge >= 0.3 is 0 Å². The summed E-state index contributed by atoms with van der Waals surface area (Å²) in [6.07, 6.45) is 0. The van der Waals surface area contributed by atoms with Crippen molar-refractivity contribution in [3.8, 4) is 0 Å². The van der Waals surface area contributed by atoms with Crippen LogP contribution in [0, 0.1) is 0 Å². The van der Waals surface area contributed by atoms with Gasteiger partial charge in [-0.05, 0) is 13.6 Å². The summed E-state index contributed by atoms with van der Waals surface area (Å²) in [7, 11) is 1.98. The average Bonchev–Trinajstić information content (AvgIpc) is 1.88. The van der Waals surface area contributed by atoms with Crippen LogP contribution in [0.15, 0.2) is 0 Å². The minimum atomic E-state index is 1.01. The smallest absolute Gasteiger partial charge is 0.0478 e. The zero-order valence-electron chi connectivity index (χ0n) is 6.15. The van der Waals surface area contributed by atoms with Crippen molar-refractivity contribution in [2.45, 2.75) is 6.92 Å². The average molecular weight is 242 g/mol. The minimum Gasteiger partial charge on any atom is -0.307 e. The van der Waals surface area contributed by atoms with E-state index in [4.69, 9.17) is 0 Å². The molecular weight excluding hydrogens is 227 g/mol. The van der Waals surface area contributed by atoms with Gasteiger partial charge in [0.05, 0.1) is 0 Å². The Balaban J connectivity index is 3.18. The van der Waals surface area contributed by atoms with E-state index < -0.39 is 0 Å². The lowest BCUT2D eigenvalue weighted by atomic mass is 10.5. The summed E-state index contributed by atoms with van der Waals surface area (Å²) in [4.78, 5) is 2.37. The van der Waals surface area contributed by atoms with Gasteiger partial charge in [-0.3, -0.25) is 4.90 Å². The van der Waals surface area contributed by atoms with Gasteiger partial charge in [-0.1, -0.05) is 29.5 Å². The fourth-order valence-electron chi connectivity index (χ4n) is 0.692. The number of nitrogens with zero attached hydrogens (tertiary/aromatic N) is 1. The molecule has 0 aromatic heterocycles. The molecule has 2 nitrogen and oxygen atoms in total. The molecule has 3 heteroatoms. The zero-order chi connectivity index (χ0) is 7.11. The van der Waals surface area contributed by atoms with E-state index in [1.165, 1.54) is 11.0 Å². The third kappa shape index (κ3) is 5.11. The molecule has 0 rings (SSSR count). The van der Waals surface area contributed by atoms with Crippen molar-refractivity contribution >= 4 is 22.6 Å². The molecule has 0 aliphatic heterocycles. The topological polar surface area (TPSA) is 15.3 Å². The normalized spacial score (nSPS) is 10.7. The van der Waals surface area contributed by atoms with Crippen LogP contribution in [-0.2, 0) is 0 Å². The van der Waals surface area contributed by atoms with Crippen LogP contribution in [-0.4, -0.2) is 36.1 Å². The van der Waals surface area contributed by atoms with Gasteiger partial charge in [0.2, 0.25) is 0 Å². The maximum Gasteiger partial charge on any atom is 0.0478 e. The number of rotatable bonds is 5. The molecule has 0 radical (unpaired) electrons. The lowest BCUT2D eigenvalue weighted by molar-refractivity contribution is 0.292. The van der Waals surface area contributed by atoms with E-state index in [1.807, 2.05) is 7.05 Å². The highest BCUT2D eigenvalue weighted by molar-refractivity contribution is 14.1. The Morgan fingerprint density at radius 1 is 1.56 bits per heavy atom. The van der Waals surface area contributed by atoms with E-state index >= 15 is 0 Å². The summed E-state index contributed by atoms with van der Waals surface area (Å²) in [6.45, 7) is 5.53. The maximum atomic E-state index is 3.13. The summed E-state index contributed by atoms with van der Waals surface area (Å²) < 4.78 is 1.22. The highest BCUT2D eigenvalue weighted by atomic mass is 127. The van der Waals surface area contributed by atoms with Gasteiger partial charge in [0.1, 0.15) is 0 Å². The van der Waals surface area contributed by atoms with Crippen molar-refractivity contribution in [2.24, 2.45) is 0 Å². The molecule has 9 heavy (non-hydrogen) atoms. The summed E-state index contributed by atoms with van der Waals surface area (Å²) in [5, 5.41) is 3.13. The molecule has 56 valence electrons. The number of hydrogen-bond donors (Lipinski definition) is 1. The van der Waals surface area contributed by atoms with E-state index in [0.29, 0.717) is 0 Å². The first-order valence-corrected chi connectivity index (χ1v) is 4.80. The Morgan fingerprint density at radius 3 is 2.56 bits per heavy atom. The van der Waals surface area contributed by atoms with Crippen molar-refractivity contribution in [3.05, 3.63) is 0 Å². The Labute approximate surface area is 71.1 Å². The Kier molecular flexibility index (Phi) is 7.25. The van der Waals surface area contributed by atoms with Crippen LogP contribution in [0.3, 0.4) is 0 Å². The fraction of sp³-hybridized carbons (Fsp3) is 1.00. The van der Waals surface area contributed by atoms with Crippen LogP contribution in [0.1, 0.15) is 6.92 Å². The second-order valence-electron chi connectivity index (χ2n) is 1.91. The Hall–Kier alpha value is 0.650. The van der Waals surface area contributed by atoms with Crippen LogP contribution in [0.25, 0.3) is 0 Å². The van der Waals surface area contributed by atoms with Crippen molar-refractivity contribution < 1.29 is 0 Å². The van der Waals surface area contributed by atoms with E-state index in [2.05, 4.69) is 39.7 Å². The van der Waals surface area contributed by atoms with Crippen molar-refractivity contribution in [1.29, 1.82) is 0 Å². The second-order valence-corrected chi connectivity index (χ2v) is 2.99. The van der Waals surface area contributed by atoms with Crippen LogP contribution >= 0.6 is 22.6 Å². The van der Waals surface area contributed by atoms with E-state index in [0.717, 1.165) is 13.2 Å². The first-order chi connectivity index (χ1) is 4.35. The molecule has 0 saturated heterocycles. The van der Waals surface area contributed by atoms with Gasteiger partial charge in [0.15, 0.2) is 0 Å². The molecule has 0 aromatic carbocycles. The van der Waals surface area contributed by atoms with Crippen LogP contribution < -0.4 is 5.32 Å². The highest BCUT2D eigenvalue weighted by Crippen LogP contribution is 1.87. The van der Waals surface area contributed by atoms with Gasteiger partial charge in [0, 0.05) is 17.6 Å². The molecule has 0 saturated carbocycles. The van der Waals surface area contributed by atoms with Gasteiger partial charge in [0.25, 0.3) is 0 Å².